The molecule has 0 spiro atoms. The molecule has 0 heterocycles. The van der Waals surface area contributed by atoms with Crippen LogP contribution in [0.1, 0.15) is 36.1 Å². The maximum Gasteiger partial charge on any atom is 0.243 e. The van der Waals surface area contributed by atoms with Crippen molar-refractivity contribution in [3.05, 3.63) is 106 Å². The molecule has 4 nitrogen and oxygen atoms in total. The Bertz CT molecular complexity index is 1170. The molecule has 0 aliphatic heterocycles. The average Bonchev–Trinajstić information content (AvgIpc) is 2.87. The van der Waals surface area contributed by atoms with Gasteiger partial charge in [0.1, 0.15) is 11.9 Å². The number of hydrogen-bond acceptors (Lipinski definition) is 3. The van der Waals surface area contributed by atoms with Crippen LogP contribution in [0.25, 0.3) is 0 Å². The van der Waals surface area contributed by atoms with E-state index in [-0.39, 0.29) is 35.1 Å². The summed E-state index contributed by atoms with van der Waals surface area (Å²) in [5.74, 6) is -0.111. The molecule has 37 heavy (non-hydrogen) atoms. The molecule has 1 atom stereocenters. The van der Waals surface area contributed by atoms with Gasteiger partial charge in [-0.2, -0.15) is 0 Å². The Morgan fingerprint density at radius 1 is 1.00 bits per heavy atom. The number of rotatable bonds is 12. The Labute approximate surface area is 228 Å². The van der Waals surface area contributed by atoms with Gasteiger partial charge < -0.3 is 10.2 Å². The van der Waals surface area contributed by atoms with E-state index in [1.807, 2.05) is 75.4 Å². The molecule has 0 unspecified atom stereocenters. The molecule has 0 saturated heterocycles. The standard InChI is InChI=1S/C30H34ClFN2O2S/c1-21(2)17-33-30(36)28(16-23-10-5-4-6-11-23)34(18-24-12-7-9-22(3)15-24)29(35)20-37-19-25-26(31)13-8-14-27(25)32/h4-15,21,28H,16-20H2,1-3H3,(H,33,36)/t28-/m1/s1. The molecule has 0 fully saturated rings. The van der Waals surface area contributed by atoms with E-state index in [1.54, 1.807) is 17.0 Å². The van der Waals surface area contributed by atoms with Gasteiger partial charge in [0.2, 0.25) is 11.8 Å². The average molecular weight is 541 g/mol. The summed E-state index contributed by atoms with van der Waals surface area (Å²) >= 11 is 7.46. The van der Waals surface area contributed by atoms with Gasteiger partial charge in [-0.3, -0.25) is 9.59 Å². The maximum atomic E-state index is 14.2. The Morgan fingerprint density at radius 2 is 1.70 bits per heavy atom. The lowest BCUT2D eigenvalue weighted by Crippen LogP contribution is -2.51. The van der Waals surface area contributed by atoms with Crippen molar-refractivity contribution >= 4 is 35.2 Å². The van der Waals surface area contributed by atoms with Crippen molar-refractivity contribution in [3.63, 3.8) is 0 Å². The number of halogens is 2. The van der Waals surface area contributed by atoms with Crippen molar-refractivity contribution in [1.29, 1.82) is 0 Å². The zero-order valence-corrected chi connectivity index (χ0v) is 23.1. The van der Waals surface area contributed by atoms with Crippen molar-refractivity contribution in [2.45, 2.75) is 45.5 Å². The number of carbonyl (C=O) groups is 2. The summed E-state index contributed by atoms with van der Waals surface area (Å²) in [6.45, 7) is 6.89. The maximum absolute atomic E-state index is 14.2. The van der Waals surface area contributed by atoms with Gasteiger partial charge in [0.05, 0.1) is 5.75 Å². The summed E-state index contributed by atoms with van der Waals surface area (Å²) < 4.78 is 14.2. The van der Waals surface area contributed by atoms with E-state index >= 15 is 0 Å². The van der Waals surface area contributed by atoms with Gasteiger partial charge in [-0.1, -0.05) is 91.7 Å². The predicted octanol–water partition coefficient (Wildman–Crippen LogP) is 6.43. The molecule has 0 saturated carbocycles. The summed E-state index contributed by atoms with van der Waals surface area (Å²) in [5.41, 5.74) is 3.38. The largest absolute Gasteiger partial charge is 0.354 e. The van der Waals surface area contributed by atoms with Crippen LogP contribution >= 0.6 is 23.4 Å². The van der Waals surface area contributed by atoms with Crippen LogP contribution in [-0.2, 0) is 28.3 Å². The Morgan fingerprint density at radius 3 is 2.38 bits per heavy atom. The van der Waals surface area contributed by atoms with Crippen molar-refractivity contribution in [3.8, 4) is 0 Å². The van der Waals surface area contributed by atoms with Crippen LogP contribution in [-0.4, -0.2) is 35.1 Å². The second-order valence-electron chi connectivity index (χ2n) is 9.55. The molecule has 0 radical (unpaired) electrons. The van der Waals surface area contributed by atoms with Crippen molar-refractivity contribution in [2.24, 2.45) is 5.92 Å². The molecule has 0 aliphatic rings. The summed E-state index contributed by atoms with van der Waals surface area (Å²) in [5, 5.41) is 3.36. The van der Waals surface area contributed by atoms with Crippen LogP contribution in [0.5, 0.6) is 0 Å². The molecule has 3 aromatic carbocycles. The predicted molar refractivity (Wildman–Crippen MR) is 151 cm³/mol. The number of thioether (sulfide) groups is 1. The van der Waals surface area contributed by atoms with E-state index in [9.17, 15) is 14.0 Å². The molecule has 1 N–H and O–H groups in total. The number of nitrogens with one attached hydrogen (secondary N) is 1. The topological polar surface area (TPSA) is 49.4 Å². The summed E-state index contributed by atoms with van der Waals surface area (Å²) in [6, 6.07) is 21.5. The zero-order valence-electron chi connectivity index (χ0n) is 21.5. The highest BCUT2D eigenvalue weighted by atomic mass is 35.5. The van der Waals surface area contributed by atoms with Gasteiger partial charge in [-0.05, 0) is 36.1 Å². The quantitative estimate of drug-likeness (QED) is 0.288. The Balaban J connectivity index is 1.86. The van der Waals surface area contributed by atoms with E-state index < -0.39 is 6.04 Å². The first kappa shape index (κ1) is 28.7. The van der Waals surface area contributed by atoms with Crippen molar-refractivity contribution < 1.29 is 14.0 Å². The Kier molecular flexibility index (Phi) is 11.0. The highest BCUT2D eigenvalue weighted by Gasteiger charge is 2.30. The third-order valence-corrected chi connectivity index (χ3v) is 7.22. The van der Waals surface area contributed by atoms with Crippen molar-refractivity contribution in [1.82, 2.24) is 10.2 Å². The van der Waals surface area contributed by atoms with E-state index in [0.29, 0.717) is 30.1 Å². The lowest BCUT2D eigenvalue weighted by atomic mass is 10.0. The molecule has 3 aromatic rings. The van der Waals surface area contributed by atoms with Gasteiger partial charge in [0.25, 0.3) is 0 Å². The van der Waals surface area contributed by atoms with E-state index in [0.717, 1.165) is 16.7 Å². The number of hydrogen-bond donors (Lipinski definition) is 1. The van der Waals surface area contributed by atoms with E-state index in [1.165, 1.54) is 17.8 Å². The van der Waals surface area contributed by atoms with Crippen molar-refractivity contribution in [2.75, 3.05) is 12.3 Å². The summed E-state index contributed by atoms with van der Waals surface area (Å²) in [6.07, 6.45) is 0.395. The lowest BCUT2D eigenvalue weighted by molar-refractivity contribution is -0.139. The fourth-order valence-corrected chi connectivity index (χ4v) is 5.23. The highest BCUT2D eigenvalue weighted by Crippen LogP contribution is 2.25. The zero-order chi connectivity index (χ0) is 26.8. The number of benzene rings is 3. The molecule has 0 aliphatic carbocycles. The highest BCUT2D eigenvalue weighted by molar-refractivity contribution is 7.99. The number of carbonyl (C=O) groups excluding carboxylic acids is 2. The fourth-order valence-electron chi connectivity index (χ4n) is 3.98. The molecule has 0 aromatic heterocycles. The molecule has 0 bridgehead atoms. The van der Waals surface area contributed by atoms with Gasteiger partial charge in [-0.25, -0.2) is 4.39 Å². The summed E-state index contributed by atoms with van der Waals surface area (Å²) in [4.78, 5) is 28.8. The third-order valence-electron chi connectivity index (χ3n) is 5.92. The van der Waals surface area contributed by atoms with Crippen LogP contribution in [0.2, 0.25) is 5.02 Å². The molecule has 2 amide bonds. The van der Waals surface area contributed by atoms with Gasteiger partial charge >= 0.3 is 0 Å². The van der Waals surface area contributed by atoms with Crippen LogP contribution in [0.15, 0.2) is 72.8 Å². The first-order valence-corrected chi connectivity index (χ1v) is 13.9. The molecule has 196 valence electrons. The van der Waals surface area contributed by atoms with Gasteiger partial charge in [0, 0.05) is 35.8 Å². The minimum atomic E-state index is -0.688. The van der Waals surface area contributed by atoms with Gasteiger partial charge in [0.15, 0.2) is 0 Å². The monoisotopic (exact) mass is 540 g/mol. The fraction of sp³-hybridized carbons (Fsp3) is 0.333. The minimum Gasteiger partial charge on any atom is -0.354 e. The molecule has 7 heteroatoms. The number of aryl methyl sites for hydroxylation is 1. The Hall–Kier alpha value is -2.83. The molecule has 3 rings (SSSR count). The minimum absolute atomic E-state index is 0.0965. The van der Waals surface area contributed by atoms with Crippen LogP contribution < -0.4 is 5.32 Å². The summed E-state index contributed by atoms with van der Waals surface area (Å²) in [7, 11) is 0. The third kappa shape index (κ3) is 8.90. The smallest absolute Gasteiger partial charge is 0.243 e. The molecular formula is C30H34ClFN2O2S. The SMILES string of the molecule is Cc1cccc(CN(C(=O)CSCc2c(F)cccc2Cl)[C@H](Cc2ccccc2)C(=O)NCC(C)C)c1. The molecular weight excluding hydrogens is 507 g/mol. The number of nitrogens with zero attached hydrogens (tertiary/aromatic N) is 1. The van der Waals surface area contributed by atoms with Crippen LogP contribution in [0.3, 0.4) is 0 Å². The second-order valence-corrected chi connectivity index (χ2v) is 10.9. The number of amides is 2. The normalized spacial score (nSPS) is 11.8. The first-order valence-electron chi connectivity index (χ1n) is 12.4. The van der Waals surface area contributed by atoms with E-state index in [2.05, 4.69) is 5.32 Å². The van der Waals surface area contributed by atoms with Crippen LogP contribution in [0, 0.1) is 18.7 Å². The van der Waals surface area contributed by atoms with E-state index in [4.69, 9.17) is 11.6 Å². The second kappa shape index (κ2) is 14.2. The first-order chi connectivity index (χ1) is 17.7. The van der Waals surface area contributed by atoms with Crippen LogP contribution in [0.4, 0.5) is 4.39 Å². The lowest BCUT2D eigenvalue weighted by Gasteiger charge is -2.32. The van der Waals surface area contributed by atoms with Gasteiger partial charge in [-0.15, -0.1) is 11.8 Å².